The molecule has 0 spiro atoms. The lowest BCUT2D eigenvalue weighted by Gasteiger charge is -2.25. The molecule has 0 saturated carbocycles. The summed E-state index contributed by atoms with van der Waals surface area (Å²) in [5, 5.41) is 0. The van der Waals surface area contributed by atoms with Crippen LogP contribution in [0, 0.1) is 11.6 Å². The van der Waals surface area contributed by atoms with Crippen molar-refractivity contribution in [3.05, 3.63) is 29.8 Å². The third kappa shape index (κ3) is 1.97. The molecule has 0 N–H and O–H groups in total. The largest absolute Gasteiger partial charge is 0.223 e. The zero-order chi connectivity index (χ0) is 9.35. The van der Waals surface area contributed by atoms with Gasteiger partial charge in [-0.15, -0.1) is 0 Å². The van der Waals surface area contributed by atoms with Crippen LogP contribution in [0.4, 0.5) is 8.78 Å². The fourth-order valence-electron chi connectivity index (χ4n) is 0.858. The van der Waals surface area contributed by atoms with Gasteiger partial charge in [0.05, 0.1) is 0 Å². The van der Waals surface area contributed by atoms with Gasteiger partial charge in [-0.3, -0.25) is 0 Å². The minimum atomic E-state index is -0.949. The Kier molecular flexibility index (Phi) is 2.42. The molecular weight excluding hydrogens is 178 g/mol. The maximum atomic E-state index is 12.7. The van der Waals surface area contributed by atoms with Crippen LogP contribution in [0.15, 0.2) is 23.1 Å². The number of halogens is 2. The van der Waals surface area contributed by atoms with Gasteiger partial charge in [-0.2, -0.15) is 0 Å². The molecule has 0 fully saturated rings. The van der Waals surface area contributed by atoms with Crippen molar-refractivity contribution in [3.63, 3.8) is 0 Å². The molecule has 0 nitrogen and oxygen atoms in total. The van der Waals surface area contributed by atoms with Gasteiger partial charge in [0.25, 0.3) is 0 Å². The average Bonchev–Trinajstić information content (AvgIpc) is 1.92. The van der Waals surface area contributed by atoms with Crippen LogP contribution in [0.3, 0.4) is 0 Å². The first-order chi connectivity index (χ1) is 5.41. The number of rotatable bonds is 1. The van der Waals surface area contributed by atoms with Crippen LogP contribution >= 0.6 is 10.0 Å². The topological polar surface area (TPSA) is 0 Å². The SMILES string of the molecule is CS(C)(C)c1ccc(F)c(F)c1. The van der Waals surface area contributed by atoms with E-state index in [0.29, 0.717) is 0 Å². The summed E-state index contributed by atoms with van der Waals surface area (Å²) < 4.78 is 25.3. The zero-order valence-corrected chi connectivity index (χ0v) is 8.21. The Morgan fingerprint density at radius 3 is 2.00 bits per heavy atom. The molecule has 0 aromatic heterocycles. The molecule has 68 valence electrons. The molecule has 0 unspecified atom stereocenters. The predicted molar refractivity (Wildman–Crippen MR) is 50.0 cm³/mol. The van der Waals surface area contributed by atoms with E-state index < -0.39 is 21.7 Å². The van der Waals surface area contributed by atoms with E-state index in [9.17, 15) is 8.78 Å². The van der Waals surface area contributed by atoms with E-state index in [1.165, 1.54) is 12.1 Å². The molecule has 0 aliphatic rings. The summed E-state index contributed by atoms with van der Waals surface area (Å²) in [5.41, 5.74) is 0. The van der Waals surface area contributed by atoms with Crippen LogP contribution < -0.4 is 0 Å². The lowest BCUT2D eigenvalue weighted by atomic mass is 10.3. The second kappa shape index (κ2) is 3.05. The Balaban J connectivity index is 3.14. The van der Waals surface area contributed by atoms with Crippen molar-refractivity contribution >= 4 is 10.0 Å². The van der Waals surface area contributed by atoms with Gasteiger partial charge in [-0.05, 0) is 41.9 Å². The van der Waals surface area contributed by atoms with Gasteiger partial charge >= 0.3 is 0 Å². The average molecular weight is 190 g/mol. The van der Waals surface area contributed by atoms with Gasteiger partial charge in [0.1, 0.15) is 0 Å². The van der Waals surface area contributed by atoms with Crippen LogP contribution in [0.1, 0.15) is 0 Å². The van der Waals surface area contributed by atoms with E-state index in [1.807, 2.05) is 18.8 Å². The summed E-state index contributed by atoms with van der Waals surface area (Å²) in [6.45, 7) is 0. The summed E-state index contributed by atoms with van der Waals surface area (Å²) >= 11 is 0. The molecule has 12 heavy (non-hydrogen) atoms. The molecule has 0 bridgehead atoms. The van der Waals surface area contributed by atoms with E-state index in [0.717, 1.165) is 4.90 Å². The predicted octanol–water partition coefficient (Wildman–Crippen LogP) is 3.02. The highest BCUT2D eigenvalue weighted by atomic mass is 32.3. The summed E-state index contributed by atoms with van der Waals surface area (Å²) in [5.74, 6) is -1.53. The molecular formula is C9H12F2S. The first kappa shape index (κ1) is 9.52. The molecule has 1 rings (SSSR count). The summed E-state index contributed by atoms with van der Waals surface area (Å²) in [6, 6.07) is 4.11. The Morgan fingerprint density at radius 2 is 1.58 bits per heavy atom. The second-order valence-electron chi connectivity index (χ2n) is 3.41. The molecule has 0 aliphatic heterocycles. The number of benzene rings is 1. The monoisotopic (exact) mass is 190 g/mol. The molecule has 0 atom stereocenters. The number of hydrogen-bond acceptors (Lipinski definition) is 0. The van der Waals surface area contributed by atoms with E-state index in [2.05, 4.69) is 0 Å². The third-order valence-electron chi connectivity index (χ3n) is 1.60. The van der Waals surface area contributed by atoms with Crippen molar-refractivity contribution < 1.29 is 8.78 Å². The van der Waals surface area contributed by atoms with Crippen LogP contribution in [-0.2, 0) is 0 Å². The van der Waals surface area contributed by atoms with Crippen molar-refractivity contribution in [3.8, 4) is 0 Å². The van der Waals surface area contributed by atoms with Gasteiger partial charge < -0.3 is 0 Å². The van der Waals surface area contributed by atoms with Gasteiger partial charge in [0.15, 0.2) is 11.6 Å². The normalized spacial score (nSPS) is 13.1. The minimum absolute atomic E-state index is 0.755. The second-order valence-corrected chi connectivity index (χ2v) is 7.56. The van der Waals surface area contributed by atoms with Gasteiger partial charge in [-0.25, -0.2) is 18.8 Å². The first-order valence-corrected chi connectivity index (χ1v) is 6.40. The smallest absolute Gasteiger partial charge is 0.159 e. The highest BCUT2D eigenvalue weighted by molar-refractivity contribution is 8.32. The van der Waals surface area contributed by atoms with Crippen molar-refractivity contribution in [2.45, 2.75) is 4.90 Å². The quantitative estimate of drug-likeness (QED) is 0.638. The van der Waals surface area contributed by atoms with Crippen LogP contribution in [0.25, 0.3) is 0 Å². The molecule has 0 saturated heterocycles. The lowest BCUT2D eigenvalue weighted by Crippen LogP contribution is -1.94. The fourth-order valence-corrected chi connectivity index (χ4v) is 1.79. The zero-order valence-electron chi connectivity index (χ0n) is 7.40. The summed E-state index contributed by atoms with van der Waals surface area (Å²) in [6.07, 6.45) is 6.12. The third-order valence-corrected chi connectivity index (χ3v) is 3.27. The maximum Gasteiger partial charge on any atom is 0.159 e. The molecule has 1 aromatic rings. The van der Waals surface area contributed by atoms with E-state index in [-0.39, 0.29) is 0 Å². The molecule has 0 aliphatic carbocycles. The Bertz CT molecular complexity index is 289. The minimum Gasteiger partial charge on any atom is -0.223 e. The standard InChI is InChI=1S/C9H12F2S/c1-12(2,3)7-4-5-8(10)9(11)6-7/h4-6H,1-3H3. The first-order valence-electron chi connectivity index (χ1n) is 3.54. The Hall–Kier alpha value is -0.570. The molecule has 0 radical (unpaired) electrons. The van der Waals surface area contributed by atoms with E-state index >= 15 is 0 Å². The lowest BCUT2D eigenvalue weighted by molar-refractivity contribution is 0.506. The molecule has 3 heteroatoms. The van der Waals surface area contributed by atoms with E-state index in [4.69, 9.17) is 0 Å². The number of hydrogen-bond donors (Lipinski definition) is 0. The van der Waals surface area contributed by atoms with Crippen molar-refractivity contribution in [1.82, 2.24) is 0 Å². The molecule has 0 heterocycles. The van der Waals surface area contributed by atoms with Crippen molar-refractivity contribution in [2.75, 3.05) is 18.8 Å². The summed E-state index contributed by atoms with van der Waals surface area (Å²) in [4.78, 5) is 0.890. The van der Waals surface area contributed by atoms with Crippen LogP contribution in [0.2, 0.25) is 0 Å². The van der Waals surface area contributed by atoms with Gasteiger partial charge in [0.2, 0.25) is 0 Å². The van der Waals surface area contributed by atoms with Crippen LogP contribution in [0.5, 0.6) is 0 Å². The Labute approximate surface area is 72.9 Å². The highest BCUT2D eigenvalue weighted by Gasteiger charge is 2.10. The fraction of sp³-hybridized carbons (Fsp3) is 0.333. The molecule has 1 aromatic carbocycles. The van der Waals surface area contributed by atoms with Crippen LogP contribution in [-0.4, -0.2) is 18.8 Å². The highest BCUT2D eigenvalue weighted by Crippen LogP contribution is 2.45. The summed E-state index contributed by atoms with van der Waals surface area (Å²) in [7, 11) is -0.949. The maximum absolute atomic E-state index is 12.7. The molecule has 0 amide bonds. The van der Waals surface area contributed by atoms with E-state index in [1.54, 1.807) is 6.07 Å². The van der Waals surface area contributed by atoms with Gasteiger partial charge in [0, 0.05) is 0 Å². The van der Waals surface area contributed by atoms with Crippen molar-refractivity contribution in [1.29, 1.82) is 0 Å². The van der Waals surface area contributed by atoms with Crippen molar-refractivity contribution in [2.24, 2.45) is 0 Å². The Morgan fingerprint density at radius 1 is 1.00 bits per heavy atom. The van der Waals surface area contributed by atoms with Gasteiger partial charge in [-0.1, -0.05) is 0 Å².